The number of hydrogen-bond acceptors (Lipinski definition) is 6. The lowest BCUT2D eigenvalue weighted by atomic mass is 10.1. The molecule has 1 fully saturated rings. The Balaban J connectivity index is 1.51. The van der Waals surface area contributed by atoms with E-state index in [1.165, 1.54) is 12.0 Å². The van der Waals surface area contributed by atoms with Crippen molar-refractivity contribution in [1.29, 1.82) is 0 Å². The minimum absolute atomic E-state index is 0.0853. The van der Waals surface area contributed by atoms with Crippen LogP contribution >= 0.6 is 0 Å². The molecule has 25 heavy (non-hydrogen) atoms. The molecule has 0 radical (unpaired) electrons. The van der Waals surface area contributed by atoms with Crippen molar-refractivity contribution in [2.45, 2.75) is 45.3 Å². The van der Waals surface area contributed by atoms with E-state index < -0.39 is 0 Å². The fourth-order valence-electron chi connectivity index (χ4n) is 3.55. The summed E-state index contributed by atoms with van der Waals surface area (Å²) in [7, 11) is 0. The van der Waals surface area contributed by atoms with E-state index in [2.05, 4.69) is 51.2 Å². The van der Waals surface area contributed by atoms with Crippen molar-refractivity contribution >= 4 is 0 Å². The largest absolute Gasteiger partial charge is 0.419 e. The molecule has 0 spiro atoms. The summed E-state index contributed by atoms with van der Waals surface area (Å²) >= 11 is 0. The molecular weight excluding hydrogens is 316 g/mol. The summed E-state index contributed by atoms with van der Waals surface area (Å²) in [6.07, 6.45) is 5.66. The molecule has 3 heterocycles. The first-order valence-corrected chi connectivity index (χ1v) is 8.69. The van der Waals surface area contributed by atoms with E-state index in [0.717, 1.165) is 25.1 Å². The van der Waals surface area contributed by atoms with Crippen LogP contribution in [-0.4, -0.2) is 42.4 Å². The number of nitrogens with zero attached hydrogens (tertiary/aromatic N) is 6. The fourth-order valence-corrected chi connectivity index (χ4v) is 3.55. The Morgan fingerprint density at radius 1 is 1.32 bits per heavy atom. The van der Waals surface area contributed by atoms with Crippen LogP contribution in [0.4, 0.5) is 0 Å². The molecule has 1 saturated heterocycles. The second-order valence-electron chi connectivity index (χ2n) is 6.64. The molecule has 0 aliphatic carbocycles. The van der Waals surface area contributed by atoms with E-state index in [1.54, 1.807) is 12.7 Å². The fraction of sp³-hybridized carbons (Fsp3) is 0.444. The zero-order valence-corrected chi connectivity index (χ0v) is 14.5. The van der Waals surface area contributed by atoms with E-state index in [9.17, 15) is 0 Å². The van der Waals surface area contributed by atoms with Crippen LogP contribution in [0.5, 0.6) is 0 Å². The van der Waals surface area contributed by atoms with Gasteiger partial charge in [-0.1, -0.05) is 17.7 Å². The van der Waals surface area contributed by atoms with Crippen molar-refractivity contribution in [3.8, 4) is 11.5 Å². The van der Waals surface area contributed by atoms with E-state index >= 15 is 0 Å². The SMILES string of the molecule is Cc1cccc(-c2nnc([C@H](C)N3CCC[C@@H]3Cn3cncn3)o2)c1. The standard InChI is InChI=1S/C18H22N6O/c1-13-5-3-6-15(9-13)18-22-21-17(25-18)14(2)24-8-4-7-16(24)10-23-12-19-11-20-23/h3,5-6,9,11-12,14,16H,4,7-8,10H2,1-2H3/t14-,16+/m0/s1. The number of benzene rings is 1. The predicted molar refractivity (Wildman–Crippen MR) is 92.6 cm³/mol. The molecule has 7 nitrogen and oxygen atoms in total. The normalized spacial score (nSPS) is 19.4. The summed E-state index contributed by atoms with van der Waals surface area (Å²) in [5.41, 5.74) is 2.14. The van der Waals surface area contributed by atoms with Crippen LogP contribution in [0.1, 0.15) is 37.3 Å². The van der Waals surface area contributed by atoms with Crippen LogP contribution in [-0.2, 0) is 6.54 Å². The number of aromatic nitrogens is 5. The van der Waals surface area contributed by atoms with Gasteiger partial charge in [-0.05, 0) is 45.4 Å². The monoisotopic (exact) mass is 338 g/mol. The van der Waals surface area contributed by atoms with Crippen molar-refractivity contribution in [2.75, 3.05) is 6.54 Å². The minimum atomic E-state index is 0.0853. The van der Waals surface area contributed by atoms with Gasteiger partial charge in [0.05, 0.1) is 12.6 Å². The quantitative estimate of drug-likeness (QED) is 0.712. The number of aryl methyl sites for hydroxylation is 1. The summed E-state index contributed by atoms with van der Waals surface area (Å²) < 4.78 is 7.87. The molecule has 0 N–H and O–H groups in total. The van der Waals surface area contributed by atoms with E-state index in [1.807, 2.05) is 16.8 Å². The Labute approximate surface area is 146 Å². The molecule has 0 unspecified atom stereocenters. The molecule has 0 bridgehead atoms. The highest BCUT2D eigenvalue weighted by atomic mass is 16.4. The van der Waals surface area contributed by atoms with Crippen LogP contribution in [0.15, 0.2) is 41.3 Å². The third-order valence-corrected chi connectivity index (χ3v) is 4.85. The van der Waals surface area contributed by atoms with Crippen LogP contribution in [0.25, 0.3) is 11.5 Å². The highest BCUT2D eigenvalue weighted by molar-refractivity contribution is 5.53. The van der Waals surface area contributed by atoms with Gasteiger partial charge in [-0.3, -0.25) is 9.58 Å². The van der Waals surface area contributed by atoms with Gasteiger partial charge in [-0.15, -0.1) is 10.2 Å². The van der Waals surface area contributed by atoms with Gasteiger partial charge in [0.15, 0.2) is 0 Å². The molecule has 2 aromatic heterocycles. The minimum Gasteiger partial charge on any atom is -0.419 e. The zero-order chi connectivity index (χ0) is 17.2. The Morgan fingerprint density at radius 3 is 3.04 bits per heavy atom. The molecule has 0 saturated carbocycles. The van der Waals surface area contributed by atoms with Crippen molar-refractivity contribution in [3.05, 3.63) is 48.4 Å². The van der Waals surface area contributed by atoms with E-state index in [4.69, 9.17) is 4.42 Å². The van der Waals surface area contributed by atoms with E-state index in [-0.39, 0.29) is 6.04 Å². The van der Waals surface area contributed by atoms with Crippen molar-refractivity contribution < 1.29 is 4.42 Å². The number of rotatable bonds is 5. The maximum absolute atomic E-state index is 5.98. The Kier molecular flexibility index (Phi) is 4.31. The van der Waals surface area contributed by atoms with Crippen molar-refractivity contribution in [1.82, 2.24) is 29.9 Å². The van der Waals surface area contributed by atoms with Gasteiger partial charge in [0.2, 0.25) is 11.8 Å². The summed E-state index contributed by atoms with van der Waals surface area (Å²) in [6, 6.07) is 8.62. The first-order chi connectivity index (χ1) is 12.2. The molecule has 7 heteroatoms. The van der Waals surface area contributed by atoms with Gasteiger partial charge in [-0.2, -0.15) is 5.10 Å². The molecule has 1 aromatic carbocycles. The van der Waals surface area contributed by atoms with Crippen molar-refractivity contribution in [2.24, 2.45) is 0 Å². The third kappa shape index (κ3) is 3.32. The topological polar surface area (TPSA) is 72.9 Å². The van der Waals surface area contributed by atoms with Crippen LogP contribution < -0.4 is 0 Å². The van der Waals surface area contributed by atoms with Gasteiger partial charge < -0.3 is 4.42 Å². The van der Waals surface area contributed by atoms with Crippen LogP contribution in [0.2, 0.25) is 0 Å². The van der Waals surface area contributed by atoms with Gasteiger partial charge in [-0.25, -0.2) is 4.98 Å². The maximum atomic E-state index is 5.98. The lowest BCUT2D eigenvalue weighted by molar-refractivity contribution is 0.152. The Bertz CT molecular complexity index is 828. The highest BCUT2D eigenvalue weighted by Crippen LogP contribution is 2.30. The van der Waals surface area contributed by atoms with Gasteiger partial charge in [0, 0.05) is 11.6 Å². The third-order valence-electron chi connectivity index (χ3n) is 4.85. The molecular formula is C18H22N6O. The maximum Gasteiger partial charge on any atom is 0.247 e. The van der Waals surface area contributed by atoms with Crippen LogP contribution in [0, 0.1) is 6.92 Å². The van der Waals surface area contributed by atoms with E-state index in [0.29, 0.717) is 17.8 Å². The average molecular weight is 338 g/mol. The molecule has 2 atom stereocenters. The first kappa shape index (κ1) is 16.0. The first-order valence-electron chi connectivity index (χ1n) is 8.69. The number of likely N-dealkylation sites (tertiary alicyclic amines) is 1. The van der Waals surface area contributed by atoms with Crippen molar-refractivity contribution in [3.63, 3.8) is 0 Å². The van der Waals surface area contributed by atoms with Gasteiger partial charge in [0.25, 0.3) is 0 Å². The summed E-state index contributed by atoms with van der Waals surface area (Å²) in [6.45, 7) is 6.06. The molecule has 130 valence electrons. The Hall–Kier alpha value is -2.54. The molecule has 3 aromatic rings. The Morgan fingerprint density at radius 2 is 2.24 bits per heavy atom. The lowest BCUT2D eigenvalue weighted by Gasteiger charge is -2.28. The summed E-state index contributed by atoms with van der Waals surface area (Å²) in [5.74, 6) is 1.25. The summed E-state index contributed by atoms with van der Waals surface area (Å²) in [4.78, 5) is 6.45. The second-order valence-corrected chi connectivity index (χ2v) is 6.64. The molecule has 4 rings (SSSR count). The molecule has 1 aliphatic rings. The average Bonchev–Trinajstić information content (AvgIpc) is 3.36. The molecule has 1 aliphatic heterocycles. The summed E-state index contributed by atoms with van der Waals surface area (Å²) in [5, 5.41) is 12.8. The number of hydrogen-bond donors (Lipinski definition) is 0. The highest BCUT2D eigenvalue weighted by Gasteiger charge is 2.32. The zero-order valence-electron chi connectivity index (χ0n) is 14.5. The van der Waals surface area contributed by atoms with Gasteiger partial charge >= 0.3 is 0 Å². The predicted octanol–water partition coefficient (Wildman–Crippen LogP) is 2.86. The van der Waals surface area contributed by atoms with Crippen LogP contribution in [0.3, 0.4) is 0 Å². The lowest BCUT2D eigenvalue weighted by Crippen LogP contribution is -2.35. The second kappa shape index (κ2) is 6.76. The van der Waals surface area contributed by atoms with Gasteiger partial charge in [0.1, 0.15) is 12.7 Å². The smallest absolute Gasteiger partial charge is 0.247 e. The molecule has 0 amide bonds.